The Kier molecular flexibility index (Phi) is 7.14. The van der Waals surface area contributed by atoms with Gasteiger partial charge in [0.15, 0.2) is 0 Å². The van der Waals surface area contributed by atoms with Crippen molar-refractivity contribution in [1.82, 2.24) is 10.2 Å². The molecule has 2 amide bonds. The monoisotopic (exact) mass is 375 g/mol. The van der Waals surface area contributed by atoms with Crippen LogP contribution in [-0.2, 0) is 9.59 Å². The zero-order chi connectivity index (χ0) is 14.5. The van der Waals surface area contributed by atoms with Gasteiger partial charge in [0.25, 0.3) is 0 Å². The summed E-state index contributed by atoms with van der Waals surface area (Å²) in [6, 6.07) is 8.09. The number of hydrogen-bond acceptors (Lipinski definition) is 3. The second-order valence-electron chi connectivity index (χ2n) is 4.78. The van der Waals surface area contributed by atoms with Gasteiger partial charge in [-0.25, -0.2) is 0 Å². The highest BCUT2D eigenvalue weighted by Crippen LogP contribution is 2.32. The first kappa shape index (κ1) is 17.9. The summed E-state index contributed by atoms with van der Waals surface area (Å²) in [5.41, 5.74) is 6.33. The van der Waals surface area contributed by atoms with Crippen LogP contribution in [0.5, 0.6) is 0 Å². The number of amides is 2. The summed E-state index contributed by atoms with van der Waals surface area (Å²) in [7, 11) is 0. The van der Waals surface area contributed by atoms with Gasteiger partial charge in [-0.3, -0.25) is 9.59 Å². The Morgan fingerprint density at radius 3 is 2.86 bits per heavy atom. The van der Waals surface area contributed by atoms with E-state index in [0.29, 0.717) is 0 Å². The molecule has 0 spiro atoms. The van der Waals surface area contributed by atoms with Crippen LogP contribution in [0.25, 0.3) is 0 Å². The summed E-state index contributed by atoms with van der Waals surface area (Å²) in [6.07, 6.45) is 1.93. The maximum atomic E-state index is 12.2. The molecule has 21 heavy (non-hydrogen) atoms. The number of hydrogen-bond donors (Lipinski definition) is 2. The largest absolute Gasteiger partial charge is 0.346 e. The lowest BCUT2D eigenvalue weighted by Gasteiger charge is -2.25. The fourth-order valence-electron chi connectivity index (χ4n) is 2.47. The zero-order valence-corrected chi connectivity index (χ0v) is 14.0. The first-order chi connectivity index (χ1) is 9.61. The lowest BCUT2D eigenvalue weighted by molar-refractivity contribution is -0.133. The predicted molar refractivity (Wildman–Crippen MR) is 87.1 cm³/mol. The SMILES string of the molecule is Cl.NCC(=O)NCC(=O)N1CCCC1c1cccc(Br)c1. The zero-order valence-electron chi connectivity index (χ0n) is 11.5. The number of carbonyl (C=O) groups is 2. The molecule has 0 aliphatic carbocycles. The summed E-state index contributed by atoms with van der Waals surface area (Å²) in [4.78, 5) is 25.1. The van der Waals surface area contributed by atoms with Gasteiger partial charge in [-0.05, 0) is 30.5 Å². The van der Waals surface area contributed by atoms with E-state index in [0.717, 1.165) is 29.4 Å². The van der Waals surface area contributed by atoms with Crippen LogP contribution in [0.1, 0.15) is 24.4 Å². The van der Waals surface area contributed by atoms with Crippen LogP contribution in [0.15, 0.2) is 28.7 Å². The molecule has 7 heteroatoms. The molecular formula is C14H19BrClN3O2. The van der Waals surface area contributed by atoms with E-state index in [1.165, 1.54) is 0 Å². The Balaban J connectivity index is 0.00000220. The number of benzene rings is 1. The minimum absolute atomic E-state index is 0. The van der Waals surface area contributed by atoms with E-state index in [4.69, 9.17) is 5.73 Å². The fraction of sp³-hybridized carbons (Fsp3) is 0.429. The maximum Gasteiger partial charge on any atom is 0.242 e. The van der Waals surface area contributed by atoms with Gasteiger partial charge < -0.3 is 16.0 Å². The third-order valence-corrected chi connectivity index (χ3v) is 3.92. The van der Waals surface area contributed by atoms with Crippen molar-refractivity contribution in [2.45, 2.75) is 18.9 Å². The molecule has 5 nitrogen and oxygen atoms in total. The molecule has 0 saturated carbocycles. The number of carbonyl (C=O) groups excluding carboxylic acids is 2. The molecule has 116 valence electrons. The summed E-state index contributed by atoms with van der Waals surface area (Å²) in [6.45, 7) is 0.650. The molecule has 0 radical (unpaired) electrons. The topological polar surface area (TPSA) is 75.4 Å². The molecular weight excluding hydrogens is 358 g/mol. The molecule has 1 aromatic rings. The van der Waals surface area contributed by atoms with E-state index >= 15 is 0 Å². The van der Waals surface area contributed by atoms with Crippen LogP contribution in [-0.4, -0.2) is 36.3 Å². The Morgan fingerprint density at radius 1 is 1.43 bits per heavy atom. The van der Waals surface area contributed by atoms with Crippen LogP contribution in [0, 0.1) is 0 Å². The molecule has 1 aliphatic rings. The van der Waals surface area contributed by atoms with Gasteiger partial charge in [-0.1, -0.05) is 28.1 Å². The van der Waals surface area contributed by atoms with Crippen LogP contribution >= 0.6 is 28.3 Å². The predicted octanol–water partition coefficient (Wildman–Crippen LogP) is 1.61. The molecule has 0 bridgehead atoms. The van der Waals surface area contributed by atoms with Crippen LogP contribution < -0.4 is 11.1 Å². The minimum atomic E-state index is -0.309. The average molecular weight is 377 g/mol. The summed E-state index contributed by atoms with van der Waals surface area (Å²) in [5.74, 6) is -0.370. The first-order valence-electron chi connectivity index (χ1n) is 6.63. The molecule has 0 aromatic heterocycles. The second kappa shape index (κ2) is 8.36. The average Bonchev–Trinajstić information content (AvgIpc) is 2.93. The Hall–Kier alpha value is -1.11. The van der Waals surface area contributed by atoms with Crippen LogP contribution in [0.3, 0.4) is 0 Å². The van der Waals surface area contributed by atoms with E-state index in [1.807, 2.05) is 29.2 Å². The Bertz CT molecular complexity index is 513. The Labute approximate surface area is 138 Å². The summed E-state index contributed by atoms with van der Waals surface area (Å²) in [5, 5.41) is 2.53. The van der Waals surface area contributed by atoms with Gasteiger partial charge in [-0.2, -0.15) is 0 Å². The quantitative estimate of drug-likeness (QED) is 0.838. The van der Waals surface area contributed by atoms with Crippen LogP contribution in [0.4, 0.5) is 0 Å². The summed E-state index contributed by atoms with van der Waals surface area (Å²) < 4.78 is 1.01. The van der Waals surface area contributed by atoms with Crippen molar-refractivity contribution in [3.63, 3.8) is 0 Å². The summed E-state index contributed by atoms with van der Waals surface area (Å²) >= 11 is 3.45. The molecule has 1 heterocycles. The van der Waals surface area contributed by atoms with Crippen molar-refractivity contribution in [2.75, 3.05) is 19.6 Å². The number of likely N-dealkylation sites (tertiary alicyclic amines) is 1. The lowest BCUT2D eigenvalue weighted by Crippen LogP contribution is -2.41. The molecule has 1 saturated heterocycles. The van der Waals surface area contributed by atoms with Crippen molar-refractivity contribution in [3.05, 3.63) is 34.3 Å². The van der Waals surface area contributed by atoms with Gasteiger partial charge in [-0.15, -0.1) is 12.4 Å². The molecule has 3 N–H and O–H groups in total. The Morgan fingerprint density at radius 2 is 2.19 bits per heavy atom. The highest BCUT2D eigenvalue weighted by atomic mass is 79.9. The standard InChI is InChI=1S/C14H18BrN3O2.ClH/c15-11-4-1-3-10(7-11)12-5-2-6-18(12)14(20)9-17-13(19)8-16;/h1,3-4,7,12H,2,5-6,8-9,16H2,(H,17,19);1H. The molecule has 1 atom stereocenters. The first-order valence-corrected chi connectivity index (χ1v) is 7.43. The maximum absolute atomic E-state index is 12.2. The third kappa shape index (κ3) is 4.69. The normalized spacial score (nSPS) is 17.2. The van der Waals surface area contributed by atoms with E-state index in [-0.39, 0.29) is 43.4 Å². The van der Waals surface area contributed by atoms with Crippen molar-refractivity contribution in [3.8, 4) is 0 Å². The smallest absolute Gasteiger partial charge is 0.242 e. The van der Waals surface area contributed by atoms with Gasteiger partial charge in [0.2, 0.25) is 11.8 Å². The lowest BCUT2D eigenvalue weighted by atomic mass is 10.0. The van der Waals surface area contributed by atoms with Gasteiger partial charge in [0.1, 0.15) is 0 Å². The van der Waals surface area contributed by atoms with Gasteiger partial charge >= 0.3 is 0 Å². The molecule has 1 aromatic carbocycles. The molecule has 2 rings (SSSR count). The number of halogens is 2. The third-order valence-electron chi connectivity index (χ3n) is 3.43. The van der Waals surface area contributed by atoms with E-state index in [2.05, 4.69) is 21.2 Å². The van der Waals surface area contributed by atoms with E-state index in [1.54, 1.807) is 0 Å². The minimum Gasteiger partial charge on any atom is -0.346 e. The van der Waals surface area contributed by atoms with Crippen LogP contribution in [0.2, 0.25) is 0 Å². The second-order valence-corrected chi connectivity index (χ2v) is 5.70. The van der Waals surface area contributed by atoms with Crippen molar-refractivity contribution in [2.24, 2.45) is 5.73 Å². The molecule has 1 aliphatic heterocycles. The van der Waals surface area contributed by atoms with E-state index < -0.39 is 0 Å². The van der Waals surface area contributed by atoms with E-state index in [9.17, 15) is 9.59 Å². The highest BCUT2D eigenvalue weighted by Gasteiger charge is 2.29. The molecule has 1 unspecified atom stereocenters. The number of rotatable bonds is 4. The van der Waals surface area contributed by atoms with Gasteiger partial charge in [0.05, 0.1) is 19.1 Å². The highest BCUT2D eigenvalue weighted by molar-refractivity contribution is 9.10. The number of nitrogens with two attached hydrogens (primary N) is 1. The fourth-order valence-corrected chi connectivity index (χ4v) is 2.89. The van der Waals surface area contributed by atoms with Crippen molar-refractivity contribution in [1.29, 1.82) is 0 Å². The number of nitrogens with zero attached hydrogens (tertiary/aromatic N) is 1. The molecule has 1 fully saturated rings. The van der Waals surface area contributed by atoms with Gasteiger partial charge in [0, 0.05) is 11.0 Å². The van der Waals surface area contributed by atoms with Crippen molar-refractivity contribution >= 4 is 40.2 Å². The number of nitrogens with one attached hydrogen (secondary N) is 1. The van der Waals surface area contributed by atoms with Crippen molar-refractivity contribution < 1.29 is 9.59 Å².